The van der Waals surface area contributed by atoms with E-state index < -0.39 is 0 Å². The molecule has 10 aromatic rings. The zero-order valence-electron chi connectivity index (χ0n) is 28.8. The summed E-state index contributed by atoms with van der Waals surface area (Å²) in [5.41, 5.74) is 13.3. The van der Waals surface area contributed by atoms with Gasteiger partial charge in [-0.05, 0) is 86.6 Å². The first-order valence-corrected chi connectivity index (χ1v) is 17.9. The number of para-hydroxylation sites is 1. The minimum Gasteiger partial charge on any atom is -0.456 e. The SMILES string of the molecule is c1ccc(-c2cc(-c3ccc4oc5ccccc5c4c3)cc(-c3cc(-c4ccccc4)nc(-c4ccccc4-c4cccc5ccccc45)n3)c2)cc1. The molecule has 0 atom stereocenters. The van der Waals surface area contributed by atoms with Crippen molar-refractivity contribution in [3.63, 3.8) is 0 Å². The molecule has 0 saturated carbocycles. The van der Waals surface area contributed by atoms with Gasteiger partial charge in [-0.15, -0.1) is 0 Å². The lowest BCUT2D eigenvalue weighted by Crippen LogP contribution is -1.98. The van der Waals surface area contributed by atoms with Crippen molar-refractivity contribution in [2.24, 2.45) is 0 Å². The number of nitrogens with zero attached hydrogens (tertiary/aromatic N) is 2. The highest BCUT2D eigenvalue weighted by atomic mass is 16.3. The molecule has 0 aliphatic heterocycles. The van der Waals surface area contributed by atoms with Gasteiger partial charge >= 0.3 is 0 Å². The Balaban J connectivity index is 1.20. The van der Waals surface area contributed by atoms with E-state index in [1.807, 2.05) is 18.2 Å². The van der Waals surface area contributed by atoms with Crippen LogP contribution in [0, 0.1) is 0 Å². The van der Waals surface area contributed by atoms with E-state index in [4.69, 9.17) is 14.4 Å². The van der Waals surface area contributed by atoms with Crippen LogP contribution in [0.15, 0.2) is 199 Å². The Morgan fingerprint density at radius 2 is 0.868 bits per heavy atom. The molecule has 8 aromatic carbocycles. The van der Waals surface area contributed by atoms with Gasteiger partial charge in [-0.1, -0.05) is 152 Å². The molecule has 0 fully saturated rings. The number of furan rings is 1. The van der Waals surface area contributed by atoms with E-state index in [0.717, 1.165) is 83.4 Å². The molecule has 2 aromatic heterocycles. The summed E-state index contributed by atoms with van der Waals surface area (Å²) in [4.78, 5) is 10.7. The van der Waals surface area contributed by atoms with Gasteiger partial charge in [-0.2, -0.15) is 0 Å². The Hall–Kier alpha value is -7.10. The highest BCUT2D eigenvalue weighted by Crippen LogP contribution is 2.39. The van der Waals surface area contributed by atoms with Gasteiger partial charge in [0.15, 0.2) is 5.82 Å². The zero-order chi connectivity index (χ0) is 35.1. The van der Waals surface area contributed by atoms with Crippen LogP contribution in [0.4, 0.5) is 0 Å². The van der Waals surface area contributed by atoms with Crippen LogP contribution in [0.5, 0.6) is 0 Å². The van der Waals surface area contributed by atoms with Gasteiger partial charge in [0.1, 0.15) is 11.2 Å². The van der Waals surface area contributed by atoms with Gasteiger partial charge in [0.25, 0.3) is 0 Å². The highest BCUT2D eigenvalue weighted by molar-refractivity contribution is 6.06. The van der Waals surface area contributed by atoms with Crippen molar-refractivity contribution < 1.29 is 4.42 Å². The maximum Gasteiger partial charge on any atom is 0.161 e. The minimum absolute atomic E-state index is 0.683. The van der Waals surface area contributed by atoms with Crippen molar-refractivity contribution in [1.82, 2.24) is 9.97 Å². The molecule has 248 valence electrons. The van der Waals surface area contributed by atoms with E-state index in [1.54, 1.807) is 0 Å². The summed E-state index contributed by atoms with van der Waals surface area (Å²) in [5.74, 6) is 0.683. The molecule has 0 spiro atoms. The third kappa shape index (κ3) is 5.65. The topological polar surface area (TPSA) is 38.9 Å². The first-order valence-electron chi connectivity index (χ1n) is 17.9. The monoisotopic (exact) mass is 676 g/mol. The van der Waals surface area contributed by atoms with Crippen molar-refractivity contribution in [1.29, 1.82) is 0 Å². The normalized spacial score (nSPS) is 11.4. The third-order valence-corrected chi connectivity index (χ3v) is 10.1. The Bertz CT molecular complexity index is 2940. The molecule has 3 heteroatoms. The Morgan fingerprint density at radius 3 is 1.68 bits per heavy atom. The van der Waals surface area contributed by atoms with Crippen LogP contribution in [-0.2, 0) is 0 Å². The summed E-state index contributed by atoms with van der Waals surface area (Å²) in [6, 6.07) is 68.1. The molecule has 10 rings (SSSR count). The Morgan fingerprint density at radius 1 is 0.302 bits per heavy atom. The molecule has 0 aliphatic rings. The van der Waals surface area contributed by atoms with Crippen molar-refractivity contribution in [3.8, 4) is 67.3 Å². The molecule has 3 nitrogen and oxygen atoms in total. The number of benzene rings is 8. The van der Waals surface area contributed by atoms with Crippen LogP contribution >= 0.6 is 0 Å². The van der Waals surface area contributed by atoms with Gasteiger partial charge in [0.05, 0.1) is 11.4 Å². The lowest BCUT2D eigenvalue weighted by molar-refractivity contribution is 0.669. The maximum atomic E-state index is 6.19. The first kappa shape index (κ1) is 30.7. The molecule has 0 radical (unpaired) electrons. The van der Waals surface area contributed by atoms with Crippen LogP contribution < -0.4 is 0 Å². The Labute approximate surface area is 307 Å². The van der Waals surface area contributed by atoms with Gasteiger partial charge < -0.3 is 4.42 Å². The predicted molar refractivity (Wildman–Crippen MR) is 219 cm³/mol. The number of hydrogen-bond acceptors (Lipinski definition) is 3. The molecule has 0 bridgehead atoms. The van der Waals surface area contributed by atoms with E-state index in [-0.39, 0.29) is 0 Å². The van der Waals surface area contributed by atoms with Crippen molar-refractivity contribution in [2.75, 3.05) is 0 Å². The molecule has 53 heavy (non-hydrogen) atoms. The number of aromatic nitrogens is 2. The summed E-state index contributed by atoms with van der Waals surface area (Å²) in [7, 11) is 0. The fraction of sp³-hybridized carbons (Fsp3) is 0. The fourth-order valence-corrected chi connectivity index (χ4v) is 7.49. The van der Waals surface area contributed by atoms with Crippen LogP contribution in [-0.4, -0.2) is 9.97 Å². The number of rotatable bonds is 6. The van der Waals surface area contributed by atoms with Gasteiger partial charge in [0.2, 0.25) is 0 Å². The summed E-state index contributed by atoms with van der Waals surface area (Å²) < 4.78 is 6.19. The summed E-state index contributed by atoms with van der Waals surface area (Å²) in [6.07, 6.45) is 0. The van der Waals surface area contributed by atoms with Crippen LogP contribution in [0.3, 0.4) is 0 Å². The average Bonchev–Trinajstić information content (AvgIpc) is 3.62. The van der Waals surface area contributed by atoms with Gasteiger partial charge in [-0.3, -0.25) is 0 Å². The van der Waals surface area contributed by atoms with E-state index in [1.165, 1.54) is 10.8 Å². The predicted octanol–water partition coefficient (Wildman–Crippen LogP) is 13.5. The lowest BCUT2D eigenvalue weighted by Gasteiger charge is -2.15. The van der Waals surface area contributed by atoms with Gasteiger partial charge in [-0.25, -0.2) is 9.97 Å². The molecular weight excluding hydrogens is 645 g/mol. The van der Waals surface area contributed by atoms with Crippen LogP contribution in [0.2, 0.25) is 0 Å². The first-order chi connectivity index (χ1) is 26.2. The average molecular weight is 677 g/mol. The van der Waals surface area contributed by atoms with E-state index in [0.29, 0.717) is 5.82 Å². The largest absolute Gasteiger partial charge is 0.456 e. The van der Waals surface area contributed by atoms with E-state index in [2.05, 4.69) is 176 Å². The Kier molecular flexibility index (Phi) is 7.47. The third-order valence-electron chi connectivity index (χ3n) is 10.1. The summed E-state index contributed by atoms with van der Waals surface area (Å²) >= 11 is 0. The number of fused-ring (bicyclic) bond motifs is 4. The standard InChI is InChI=1S/C50H32N2O/c1-3-14-33(15-4-1)37-28-38(36-26-27-49-45(31-36)43-22-11-12-25-48(43)53-49)30-39(29-37)47-32-46(35-17-5-2-6-18-35)51-50(52-47)44-23-10-9-21-42(44)41-24-13-19-34-16-7-8-20-40(34)41/h1-32H. The lowest BCUT2D eigenvalue weighted by atomic mass is 9.93. The van der Waals surface area contributed by atoms with Crippen LogP contribution in [0.1, 0.15) is 0 Å². The molecular formula is C50H32N2O. The second kappa shape index (κ2) is 12.9. The zero-order valence-corrected chi connectivity index (χ0v) is 28.8. The van der Waals surface area contributed by atoms with Crippen molar-refractivity contribution >= 4 is 32.7 Å². The van der Waals surface area contributed by atoms with Crippen molar-refractivity contribution in [2.45, 2.75) is 0 Å². The van der Waals surface area contributed by atoms with E-state index in [9.17, 15) is 0 Å². The second-order valence-electron chi connectivity index (χ2n) is 13.4. The molecule has 0 N–H and O–H groups in total. The highest BCUT2D eigenvalue weighted by Gasteiger charge is 2.17. The van der Waals surface area contributed by atoms with Crippen LogP contribution in [0.25, 0.3) is 100.0 Å². The summed E-state index contributed by atoms with van der Waals surface area (Å²) in [6.45, 7) is 0. The van der Waals surface area contributed by atoms with E-state index >= 15 is 0 Å². The fourth-order valence-electron chi connectivity index (χ4n) is 7.49. The molecule has 0 amide bonds. The molecule has 0 saturated heterocycles. The minimum atomic E-state index is 0.683. The quantitative estimate of drug-likeness (QED) is 0.176. The molecule has 2 heterocycles. The second-order valence-corrected chi connectivity index (χ2v) is 13.4. The number of hydrogen-bond donors (Lipinski definition) is 0. The summed E-state index contributed by atoms with van der Waals surface area (Å²) in [5, 5.41) is 4.61. The molecule has 0 aliphatic carbocycles. The maximum absolute atomic E-state index is 6.19. The smallest absolute Gasteiger partial charge is 0.161 e. The van der Waals surface area contributed by atoms with Gasteiger partial charge in [0, 0.05) is 27.5 Å². The molecule has 0 unspecified atom stereocenters. The van der Waals surface area contributed by atoms with Crippen molar-refractivity contribution in [3.05, 3.63) is 194 Å².